The van der Waals surface area contributed by atoms with Crippen molar-refractivity contribution in [3.63, 3.8) is 0 Å². The van der Waals surface area contributed by atoms with Crippen LogP contribution in [0.15, 0.2) is 6.20 Å². The molecule has 0 saturated carbocycles. The number of alkyl halides is 3. The monoisotopic (exact) mass is 248 g/mol. The van der Waals surface area contributed by atoms with E-state index >= 15 is 0 Å². The van der Waals surface area contributed by atoms with Gasteiger partial charge in [0.15, 0.2) is 0 Å². The van der Waals surface area contributed by atoms with Crippen LogP contribution in [0.4, 0.5) is 18.9 Å². The summed E-state index contributed by atoms with van der Waals surface area (Å²) in [6, 6.07) is 0. The normalized spacial score (nSPS) is 11.9. The number of hydrogen-bond acceptors (Lipinski definition) is 6. The standard InChI is InChI=1S/C6H2F3N5O3/c7-6(8,9)4-11-5-10-1-2(14(16)17)3(15)13(5)12-4/h1,15H/p-1. The van der Waals surface area contributed by atoms with Gasteiger partial charge in [0.25, 0.3) is 17.3 Å². The summed E-state index contributed by atoms with van der Waals surface area (Å²) < 4.78 is 36.8. The van der Waals surface area contributed by atoms with Crippen LogP contribution in [0.1, 0.15) is 5.82 Å². The van der Waals surface area contributed by atoms with Crippen LogP contribution in [0.5, 0.6) is 5.88 Å². The van der Waals surface area contributed by atoms with E-state index in [0.717, 1.165) is 0 Å². The summed E-state index contributed by atoms with van der Waals surface area (Å²) in [5.74, 6) is -3.54. The first-order chi connectivity index (χ1) is 7.80. The van der Waals surface area contributed by atoms with Gasteiger partial charge < -0.3 is 5.11 Å². The molecule has 0 aromatic carbocycles. The van der Waals surface area contributed by atoms with Crippen LogP contribution in [0.2, 0.25) is 0 Å². The molecule has 0 radical (unpaired) electrons. The molecule has 0 amide bonds. The fourth-order valence-electron chi connectivity index (χ4n) is 1.05. The Morgan fingerprint density at radius 3 is 2.59 bits per heavy atom. The largest absolute Gasteiger partial charge is 0.854 e. The lowest BCUT2D eigenvalue weighted by molar-refractivity contribution is -0.400. The molecule has 90 valence electrons. The van der Waals surface area contributed by atoms with Crippen molar-refractivity contribution in [2.75, 3.05) is 0 Å². The fourth-order valence-corrected chi connectivity index (χ4v) is 1.05. The maximum absolute atomic E-state index is 12.2. The molecule has 0 spiro atoms. The molecule has 2 rings (SSSR count). The van der Waals surface area contributed by atoms with Gasteiger partial charge >= 0.3 is 6.18 Å². The molecule has 0 aliphatic heterocycles. The van der Waals surface area contributed by atoms with Gasteiger partial charge in [-0.1, -0.05) is 0 Å². The molecule has 2 heterocycles. The maximum atomic E-state index is 12.2. The van der Waals surface area contributed by atoms with Crippen LogP contribution in [0.25, 0.3) is 5.78 Å². The number of nitro groups is 1. The highest BCUT2D eigenvalue weighted by atomic mass is 19.4. The van der Waals surface area contributed by atoms with E-state index in [1.165, 1.54) is 0 Å². The third kappa shape index (κ3) is 1.70. The van der Waals surface area contributed by atoms with Crippen LogP contribution in [0.3, 0.4) is 0 Å². The second-order valence-corrected chi connectivity index (χ2v) is 2.85. The molecule has 8 nitrogen and oxygen atoms in total. The molecule has 0 saturated heterocycles. The van der Waals surface area contributed by atoms with E-state index in [1.807, 2.05) is 0 Å². The Morgan fingerprint density at radius 2 is 2.06 bits per heavy atom. The van der Waals surface area contributed by atoms with Crippen molar-refractivity contribution >= 4 is 11.5 Å². The van der Waals surface area contributed by atoms with Gasteiger partial charge in [0.1, 0.15) is 6.20 Å². The summed E-state index contributed by atoms with van der Waals surface area (Å²) in [4.78, 5) is 15.5. The third-order valence-corrected chi connectivity index (χ3v) is 1.75. The van der Waals surface area contributed by atoms with E-state index in [2.05, 4.69) is 15.1 Å². The van der Waals surface area contributed by atoms with Crippen molar-refractivity contribution in [2.45, 2.75) is 6.18 Å². The zero-order valence-corrected chi connectivity index (χ0v) is 7.67. The molecule has 0 aliphatic carbocycles. The first-order valence-corrected chi connectivity index (χ1v) is 3.95. The quantitative estimate of drug-likeness (QED) is 0.523. The van der Waals surface area contributed by atoms with Crippen LogP contribution in [0, 0.1) is 10.1 Å². The SMILES string of the molecule is O=[N+]([O-])c1cnc2nc(C(F)(F)F)nn2c1[O-]. The Morgan fingerprint density at radius 1 is 1.41 bits per heavy atom. The minimum Gasteiger partial charge on any atom is -0.854 e. The van der Waals surface area contributed by atoms with Crippen molar-refractivity contribution in [2.24, 2.45) is 0 Å². The van der Waals surface area contributed by atoms with Crippen molar-refractivity contribution in [3.8, 4) is 5.88 Å². The topological polar surface area (TPSA) is 109 Å². The predicted octanol–water partition coefficient (Wildman–Crippen LogP) is 0.125. The Hall–Kier alpha value is -2.46. The summed E-state index contributed by atoms with van der Waals surface area (Å²) in [7, 11) is 0. The molecule has 11 heteroatoms. The molecule has 0 aliphatic rings. The van der Waals surface area contributed by atoms with Gasteiger partial charge in [-0.25, -0.2) is 9.50 Å². The van der Waals surface area contributed by atoms with Crippen molar-refractivity contribution in [1.29, 1.82) is 0 Å². The number of rotatable bonds is 1. The van der Waals surface area contributed by atoms with Crippen LogP contribution >= 0.6 is 0 Å². The average Bonchev–Trinajstić information content (AvgIpc) is 2.61. The highest BCUT2D eigenvalue weighted by Crippen LogP contribution is 2.28. The highest BCUT2D eigenvalue weighted by Gasteiger charge is 2.36. The lowest BCUT2D eigenvalue weighted by Gasteiger charge is -2.06. The number of aromatic nitrogens is 4. The number of hydrogen-bond donors (Lipinski definition) is 0. The van der Waals surface area contributed by atoms with Gasteiger partial charge in [0.05, 0.1) is 10.8 Å². The number of nitrogens with zero attached hydrogens (tertiary/aromatic N) is 5. The Kier molecular flexibility index (Phi) is 2.12. The molecule has 2 aromatic rings. The zero-order valence-electron chi connectivity index (χ0n) is 7.67. The van der Waals surface area contributed by atoms with Gasteiger partial charge in [-0.05, 0) is 0 Å². The Labute approximate surface area is 89.5 Å². The molecule has 2 aromatic heterocycles. The van der Waals surface area contributed by atoms with Crippen molar-refractivity contribution in [3.05, 3.63) is 22.1 Å². The van der Waals surface area contributed by atoms with Gasteiger partial charge in [-0.15, -0.1) is 5.10 Å². The molecule has 0 bridgehead atoms. The maximum Gasteiger partial charge on any atom is 0.453 e. The van der Waals surface area contributed by atoms with E-state index in [-0.39, 0.29) is 4.52 Å². The van der Waals surface area contributed by atoms with Gasteiger partial charge in [-0.3, -0.25) is 10.1 Å². The van der Waals surface area contributed by atoms with E-state index in [9.17, 15) is 28.4 Å². The van der Waals surface area contributed by atoms with E-state index in [4.69, 9.17) is 0 Å². The Bertz CT molecular complexity index is 607. The summed E-state index contributed by atoms with van der Waals surface area (Å²) in [6.07, 6.45) is -4.32. The Balaban J connectivity index is 2.70. The second-order valence-electron chi connectivity index (χ2n) is 2.85. The number of fused-ring (bicyclic) bond motifs is 1. The minimum absolute atomic E-state index is 0.140. The van der Waals surface area contributed by atoms with Gasteiger partial charge in [0.2, 0.25) is 0 Å². The molecule has 17 heavy (non-hydrogen) atoms. The predicted molar refractivity (Wildman–Crippen MR) is 41.9 cm³/mol. The first kappa shape index (κ1) is 11.0. The lowest BCUT2D eigenvalue weighted by atomic mass is 10.5. The summed E-state index contributed by atoms with van der Waals surface area (Å²) in [5.41, 5.74) is -0.976. The molecule has 0 unspecified atom stereocenters. The summed E-state index contributed by atoms with van der Waals surface area (Å²) in [5, 5.41) is 24.5. The van der Waals surface area contributed by atoms with E-state index in [1.54, 1.807) is 0 Å². The van der Waals surface area contributed by atoms with Crippen LogP contribution in [-0.4, -0.2) is 24.5 Å². The molecule has 0 fully saturated rings. The molecular weight excluding hydrogens is 247 g/mol. The van der Waals surface area contributed by atoms with E-state index < -0.39 is 34.3 Å². The van der Waals surface area contributed by atoms with Crippen molar-refractivity contribution < 1.29 is 23.2 Å². The van der Waals surface area contributed by atoms with Crippen molar-refractivity contribution in [1.82, 2.24) is 19.6 Å². The summed E-state index contributed by atoms with van der Waals surface area (Å²) >= 11 is 0. The van der Waals surface area contributed by atoms with E-state index in [0.29, 0.717) is 6.20 Å². The third-order valence-electron chi connectivity index (χ3n) is 1.75. The van der Waals surface area contributed by atoms with Crippen LogP contribution in [-0.2, 0) is 6.18 Å². The highest BCUT2D eigenvalue weighted by molar-refractivity contribution is 5.43. The minimum atomic E-state index is -4.85. The molecule has 0 atom stereocenters. The number of halogens is 3. The lowest BCUT2D eigenvalue weighted by Crippen LogP contribution is -2.09. The first-order valence-electron chi connectivity index (χ1n) is 3.95. The summed E-state index contributed by atoms with van der Waals surface area (Å²) in [6.45, 7) is 0. The molecular formula is C6HF3N5O3-. The average molecular weight is 248 g/mol. The zero-order chi connectivity index (χ0) is 12.8. The molecule has 0 N–H and O–H groups in total. The van der Waals surface area contributed by atoms with Gasteiger partial charge in [0, 0.05) is 0 Å². The smallest absolute Gasteiger partial charge is 0.453 e. The van der Waals surface area contributed by atoms with Gasteiger partial charge in [-0.2, -0.15) is 18.2 Å². The second kappa shape index (κ2) is 3.26. The fraction of sp³-hybridized carbons (Fsp3) is 0.167. The van der Waals surface area contributed by atoms with Crippen LogP contribution < -0.4 is 5.11 Å².